The molecule has 7 fully saturated rings. The molecule has 0 heterocycles. The van der Waals surface area contributed by atoms with Crippen LogP contribution in [0.15, 0.2) is 11.6 Å². The molecule has 0 aromatic carbocycles. The number of aliphatic hydroxyl groups excluding tert-OH is 2. The summed E-state index contributed by atoms with van der Waals surface area (Å²) in [4.78, 5) is 0. The first-order valence-corrected chi connectivity index (χ1v) is 25.6. The lowest BCUT2D eigenvalue weighted by Crippen LogP contribution is -2.53. The van der Waals surface area contributed by atoms with Gasteiger partial charge in [0.25, 0.3) is 0 Å². The minimum atomic E-state index is -0.0766. The molecule has 0 aliphatic heterocycles. The van der Waals surface area contributed by atoms with E-state index in [1.165, 1.54) is 128 Å². The van der Waals surface area contributed by atoms with E-state index < -0.39 is 0 Å². The van der Waals surface area contributed by atoms with Crippen LogP contribution in [0.25, 0.3) is 0 Å². The summed E-state index contributed by atoms with van der Waals surface area (Å²) in [6.07, 6.45) is 36.3. The van der Waals surface area contributed by atoms with Crippen molar-refractivity contribution in [3.05, 3.63) is 11.6 Å². The van der Waals surface area contributed by atoms with Gasteiger partial charge in [0.2, 0.25) is 0 Å². The predicted molar refractivity (Wildman–Crippen MR) is 242 cm³/mol. The number of aliphatic hydroxyl groups is 2. The summed E-state index contributed by atoms with van der Waals surface area (Å²) in [6.45, 7) is 23.1. The van der Waals surface area contributed by atoms with E-state index in [2.05, 4.69) is 68.4 Å². The second kappa shape index (κ2) is 18.5. The van der Waals surface area contributed by atoms with Crippen molar-refractivity contribution >= 4 is 0 Å². The first kappa shape index (κ1) is 46.1. The van der Waals surface area contributed by atoms with E-state index in [1.807, 2.05) is 0 Å². The molecule has 3 nitrogen and oxygen atoms in total. The summed E-state index contributed by atoms with van der Waals surface area (Å²) < 4.78 is 0. The molecule has 57 heavy (non-hydrogen) atoms. The molecule has 0 saturated heterocycles. The Morgan fingerprint density at radius 2 is 1.19 bits per heavy atom. The molecular weight excluding hydrogens is 697 g/mol. The van der Waals surface area contributed by atoms with Crippen molar-refractivity contribution in [2.24, 2.45) is 98.6 Å². The fraction of sp³-hybridized carbons (Fsp3) is 0.963. The molecule has 7 saturated carbocycles. The number of fused-ring (bicyclic) bond motifs is 10. The van der Waals surface area contributed by atoms with Crippen molar-refractivity contribution in [3.63, 3.8) is 0 Å². The van der Waals surface area contributed by atoms with Gasteiger partial charge in [-0.1, -0.05) is 119 Å². The van der Waals surface area contributed by atoms with Crippen LogP contribution in [0.1, 0.15) is 216 Å². The van der Waals surface area contributed by atoms with Crippen LogP contribution >= 0.6 is 0 Å². The van der Waals surface area contributed by atoms with Gasteiger partial charge in [0.15, 0.2) is 0 Å². The van der Waals surface area contributed by atoms with Crippen molar-refractivity contribution in [3.8, 4) is 0 Å². The highest BCUT2D eigenvalue weighted by atomic mass is 16.3. The molecule has 17 atom stereocenters. The monoisotopic (exact) mass is 793 g/mol. The summed E-state index contributed by atoms with van der Waals surface area (Å²) in [7, 11) is 0. The SMILES string of the molecule is CC(C)CCC[C@@H](C)[C@H]1CC[C@H]2[C@@H]3CC=C4C[C@@H](O)CC[C@]4(C)[C@H]3CC[C@]12C.CC(CO)CCC[C@@H](C)[C@H]1CC[C@H]2[C@@H]3CCC4CCCC[C@]4(C)[C@H]3CC[C@]12C.O. The molecular formula is C54H96O3. The molecule has 8 rings (SSSR count). The van der Waals surface area contributed by atoms with Crippen LogP contribution in [-0.4, -0.2) is 28.4 Å². The summed E-state index contributed by atoms with van der Waals surface area (Å²) in [6, 6.07) is 0. The summed E-state index contributed by atoms with van der Waals surface area (Å²) >= 11 is 0. The number of rotatable bonds is 11. The van der Waals surface area contributed by atoms with Gasteiger partial charge in [-0.3, -0.25) is 0 Å². The maximum Gasteiger partial charge on any atom is 0.0577 e. The number of allylic oxidation sites excluding steroid dienone is 1. The lowest BCUT2D eigenvalue weighted by molar-refractivity contribution is -0.114. The third-order valence-corrected chi connectivity index (χ3v) is 21.3. The smallest absolute Gasteiger partial charge is 0.0577 e. The van der Waals surface area contributed by atoms with Crippen LogP contribution in [0.2, 0.25) is 0 Å². The molecule has 0 amide bonds. The Labute approximate surface area is 353 Å². The fourth-order valence-electron chi connectivity index (χ4n) is 18.0. The molecule has 0 spiro atoms. The molecule has 3 heteroatoms. The first-order chi connectivity index (χ1) is 26.7. The molecule has 330 valence electrons. The van der Waals surface area contributed by atoms with Crippen molar-refractivity contribution in [1.29, 1.82) is 0 Å². The maximum absolute atomic E-state index is 10.2. The van der Waals surface area contributed by atoms with Gasteiger partial charge in [0, 0.05) is 6.61 Å². The fourth-order valence-corrected chi connectivity index (χ4v) is 18.0. The first-order valence-electron chi connectivity index (χ1n) is 25.6. The zero-order valence-corrected chi connectivity index (χ0v) is 39.2. The van der Waals surface area contributed by atoms with Crippen LogP contribution < -0.4 is 0 Å². The van der Waals surface area contributed by atoms with Crippen LogP contribution in [0.4, 0.5) is 0 Å². The third-order valence-electron chi connectivity index (χ3n) is 21.3. The zero-order valence-electron chi connectivity index (χ0n) is 39.2. The highest BCUT2D eigenvalue weighted by Crippen LogP contribution is 2.69. The summed E-state index contributed by atoms with van der Waals surface area (Å²) in [5, 5.41) is 19.5. The average Bonchev–Trinajstić information content (AvgIpc) is 3.71. The van der Waals surface area contributed by atoms with Gasteiger partial charge in [0.05, 0.1) is 6.10 Å². The Kier molecular flexibility index (Phi) is 15.0. The second-order valence-electron chi connectivity index (χ2n) is 24.5. The lowest BCUT2D eigenvalue weighted by atomic mass is 9.44. The van der Waals surface area contributed by atoms with Gasteiger partial charge in [0.1, 0.15) is 0 Å². The molecule has 0 aromatic heterocycles. The zero-order chi connectivity index (χ0) is 40.0. The Bertz CT molecular complexity index is 1320. The van der Waals surface area contributed by atoms with Gasteiger partial charge in [-0.05, 0) is 208 Å². The predicted octanol–water partition coefficient (Wildman–Crippen LogP) is 14.0. The Morgan fingerprint density at radius 3 is 1.82 bits per heavy atom. The summed E-state index contributed by atoms with van der Waals surface area (Å²) in [5.74, 6) is 11.9. The highest BCUT2D eigenvalue weighted by molar-refractivity contribution is 5.25. The maximum atomic E-state index is 10.2. The van der Waals surface area contributed by atoms with Crippen LogP contribution in [0.5, 0.6) is 0 Å². The molecule has 0 bridgehead atoms. The minimum absolute atomic E-state index is 0. The second-order valence-corrected chi connectivity index (χ2v) is 24.5. The van der Waals surface area contributed by atoms with E-state index in [4.69, 9.17) is 0 Å². The Balaban J connectivity index is 0.000000189. The Hall–Kier alpha value is -0.380. The summed E-state index contributed by atoms with van der Waals surface area (Å²) in [5.41, 5.74) is 3.92. The van der Waals surface area contributed by atoms with Gasteiger partial charge in [-0.15, -0.1) is 0 Å². The van der Waals surface area contributed by atoms with E-state index >= 15 is 0 Å². The minimum Gasteiger partial charge on any atom is -0.412 e. The molecule has 2 unspecified atom stereocenters. The third kappa shape index (κ3) is 8.69. The normalized spacial score (nSPS) is 46.3. The van der Waals surface area contributed by atoms with E-state index in [0.717, 1.165) is 83.9 Å². The van der Waals surface area contributed by atoms with E-state index in [9.17, 15) is 10.2 Å². The van der Waals surface area contributed by atoms with Gasteiger partial charge in [-0.25, -0.2) is 0 Å². The van der Waals surface area contributed by atoms with Crippen LogP contribution in [0, 0.1) is 98.6 Å². The molecule has 0 aromatic rings. The topological polar surface area (TPSA) is 72.0 Å². The van der Waals surface area contributed by atoms with Gasteiger partial charge in [-0.2, -0.15) is 0 Å². The van der Waals surface area contributed by atoms with Crippen molar-refractivity contribution in [2.75, 3.05) is 6.61 Å². The number of hydrogen-bond donors (Lipinski definition) is 2. The molecule has 8 aliphatic carbocycles. The lowest BCUT2D eigenvalue weighted by Gasteiger charge is -2.61. The van der Waals surface area contributed by atoms with E-state index in [0.29, 0.717) is 34.2 Å². The van der Waals surface area contributed by atoms with Crippen molar-refractivity contribution in [1.82, 2.24) is 0 Å². The molecule has 0 radical (unpaired) electrons. The van der Waals surface area contributed by atoms with E-state index in [-0.39, 0.29) is 11.6 Å². The average molecular weight is 793 g/mol. The molecule has 4 N–H and O–H groups in total. The van der Waals surface area contributed by atoms with Gasteiger partial charge < -0.3 is 15.7 Å². The van der Waals surface area contributed by atoms with Crippen LogP contribution in [0.3, 0.4) is 0 Å². The Morgan fingerprint density at radius 1 is 0.596 bits per heavy atom. The largest absolute Gasteiger partial charge is 0.412 e. The van der Waals surface area contributed by atoms with Gasteiger partial charge >= 0.3 is 0 Å². The van der Waals surface area contributed by atoms with Crippen LogP contribution in [-0.2, 0) is 0 Å². The van der Waals surface area contributed by atoms with E-state index in [1.54, 1.807) is 18.4 Å². The standard InChI is InChI=1S/C27H46O.C27H48O.H2O/c1-18(2)7-6-8-19(3)23-11-12-24-22-10-9-20-17-21(28)13-15-26(20,4)25(22)14-16-27(23,24)5;1-19(18-28)8-7-9-20(2)23-13-14-24-22-12-11-21-10-5-6-16-26(21,3)25(22)15-17-27(23,24)4;/h9,18-19,21-25,28H,6-8,10-17H2,1-5H3;19-25,28H,5-18H2,1-4H3;1H2/t19-,21+,22+,23-,24+,25+,26+,27-;19?,20-,21?,22+,23-,24+,25+,26+,27-;/m11./s1. The number of hydrogen-bond acceptors (Lipinski definition) is 2. The van der Waals surface area contributed by atoms with Crippen molar-refractivity contribution in [2.45, 2.75) is 223 Å². The highest BCUT2D eigenvalue weighted by Gasteiger charge is 2.61. The van der Waals surface area contributed by atoms with Crippen molar-refractivity contribution < 1.29 is 15.7 Å². The quantitative estimate of drug-likeness (QED) is 0.205. The molecule has 8 aliphatic rings.